The van der Waals surface area contributed by atoms with Crippen LogP contribution >= 0.6 is 0 Å². The molecule has 0 aliphatic carbocycles. The van der Waals surface area contributed by atoms with Crippen LogP contribution in [0.3, 0.4) is 0 Å². The van der Waals surface area contributed by atoms with Gasteiger partial charge in [-0.15, -0.1) is 0 Å². The van der Waals surface area contributed by atoms with E-state index >= 15 is 0 Å². The molecule has 7 nitrogen and oxygen atoms in total. The molecule has 7 heteroatoms. The van der Waals surface area contributed by atoms with E-state index in [1.165, 1.54) is 5.56 Å². The van der Waals surface area contributed by atoms with Crippen LogP contribution in [0.25, 0.3) is 11.4 Å². The third-order valence-corrected chi connectivity index (χ3v) is 2.78. The third-order valence-electron chi connectivity index (χ3n) is 2.78. The van der Waals surface area contributed by atoms with Gasteiger partial charge >= 0.3 is 12.1 Å². The van der Waals surface area contributed by atoms with E-state index < -0.39 is 12.1 Å². The molecular weight excluding hydrogens is 330 g/mol. The van der Waals surface area contributed by atoms with Gasteiger partial charge in [0.05, 0.1) is 11.4 Å². The number of rotatable bonds is 1. The van der Waals surface area contributed by atoms with Gasteiger partial charge in [0.15, 0.2) is 0 Å². The van der Waals surface area contributed by atoms with E-state index in [1.54, 1.807) is 17.7 Å². The highest BCUT2D eigenvalue weighted by atomic mass is 16.2. The normalized spacial score (nSPS) is 8.81. The summed E-state index contributed by atoms with van der Waals surface area (Å²) in [5.41, 5.74) is 12.0. The molecule has 0 aliphatic heterocycles. The number of nitrogens with one attached hydrogen (secondary N) is 1. The van der Waals surface area contributed by atoms with Crippen molar-refractivity contribution in [3.05, 3.63) is 84.7 Å². The number of carbonyl (C=O) groups is 2. The highest BCUT2D eigenvalue weighted by Gasteiger charge is 1.95. The first kappa shape index (κ1) is 20.3. The number of aromatic nitrogens is 2. The summed E-state index contributed by atoms with van der Waals surface area (Å²) in [7, 11) is 0. The summed E-state index contributed by atoms with van der Waals surface area (Å²) in [5, 5.41) is 1.58. The standard InChI is InChI=1S/C10H8N2.C7H8.C2H5N3O2/c1-3-7-11-9(5-1)10-6-2-4-8-12-10;1-7-5-3-2-4-6-7;3-1(6)5-2(4)7/h1-8H;2-6H,1H3;(H5,3,4,5,6,7). The number of benzene rings is 1. The second-order valence-electron chi connectivity index (χ2n) is 4.94. The van der Waals surface area contributed by atoms with E-state index in [0.29, 0.717) is 0 Å². The van der Waals surface area contributed by atoms with Crippen molar-refractivity contribution in [3.8, 4) is 11.4 Å². The maximum absolute atomic E-state index is 9.62. The average Bonchev–Trinajstić information content (AvgIpc) is 2.64. The minimum absolute atomic E-state index is 0.915. The zero-order chi connectivity index (χ0) is 19.2. The van der Waals surface area contributed by atoms with E-state index in [-0.39, 0.29) is 0 Å². The summed E-state index contributed by atoms with van der Waals surface area (Å²) in [5.74, 6) is 0. The Morgan fingerprint density at radius 2 is 1.15 bits per heavy atom. The quantitative estimate of drug-likeness (QED) is 0.623. The van der Waals surface area contributed by atoms with Crippen LogP contribution in [0, 0.1) is 6.92 Å². The topological polar surface area (TPSA) is 124 Å². The molecule has 3 aromatic rings. The molecule has 0 aliphatic rings. The molecule has 134 valence electrons. The Labute approximate surface area is 152 Å². The van der Waals surface area contributed by atoms with Gasteiger partial charge in [0.2, 0.25) is 0 Å². The van der Waals surface area contributed by atoms with Crippen molar-refractivity contribution >= 4 is 12.1 Å². The smallest absolute Gasteiger partial charge is 0.320 e. The van der Waals surface area contributed by atoms with Crippen molar-refractivity contribution in [3.63, 3.8) is 0 Å². The minimum atomic E-state index is -0.938. The fourth-order valence-electron chi connectivity index (χ4n) is 1.68. The zero-order valence-corrected chi connectivity index (χ0v) is 14.4. The summed E-state index contributed by atoms with van der Waals surface area (Å²) < 4.78 is 0. The molecule has 2 heterocycles. The van der Waals surface area contributed by atoms with Crippen molar-refractivity contribution in [1.29, 1.82) is 0 Å². The Hall–Kier alpha value is -3.74. The summed E-state index contributed by atoms with van der Waals surface area (Å²) in [6, 6.07) is 20.0. The van der Waals surface area contributed by atoms with E-state index in [2.05, 4.69) is 40.5 Å². The molecule has 26 heavy (non-hydrogen) atoms. The number of aryl methyl sites for hydroxylation is 1. The molecule has 1 aromatic carbocycles. The molecule has 0 saturated carbocycles. The van der Waals surface area contributed by atoms with Crippen LogP contribution in [0.1, 0.15) is 5.56 Å². The van der Waals surface area contributed by atoms with E-state index in [1.807, 2.05) is 54.6 Å². The Morgan fingerprint density at radius 3 is 1.38 bits per heavy atom. The highest BCUT2D eigenvalue weighted by molar-refractivity contribution is 5.91. The van der Waals surface area contributed by atoms with E-state index in [4.69, 9.17) is 0 Å². The molecule has 0 atom stereocenters. The first-order valence-electron chi connectivity index (χ1n) is 7.69. The molecule has 0 radical (unpaired) electrons. The number of pyridine rings is 2. The number of primary amides is 2. The maximum Gasteiger partial charge on any atom is 0.320 e. The number of amides is 4. The largest absolute Gasteiger partial charge is 0.351 e. The lowest BCUT2D eigenvalue weighted by molar-refractivity contribution is 0.236. The van der Waals surface area contributed by atoms with Crippen LogP contribution in [0.2, 0.25) is 0 Å². The lowest BCUT2D eigenvalue weighted by Gasteiger charge is -1.96. The third kappa shape index (κ3) is 9.41. The van der Waals surface area contributed by atoms with Gasteiger partial charge in [-0.05, 0) is 31.2 Å². The van der Waals surface area contributed by atoms with Crippen LogP contribution in [0.4, 0.5) is 9.59 Å². The van der Waals surface area contributed by atoms with Gasteiger partial charge in [0.25, 0.3) is 0 Å². The Kier molecular flexibility index (Phi) is 9.17. The number of nitrogens with zero attached hydrogens (tertiary/aromatic N) is 2. The molecule has 0 saturated heterocycles. The van der Waals surface area contributed by atoms with Gasteiger partial charge in [0.1, 0.15) is 0 Å². The lowest BCUT2D eigenvalue weighted by atomic mass is 10.2. The summed E-state index contributed by atoms with van der Waals surface area (Å²) in [4.78, 5) is 27.6. The van der Waals surface area contributed by atoms with Gasteiger partial charge in [0, 0.05) is 12.4 Å². The molecule has 2 aromatic heterocycles. The minimum Gasteiger partial charge on any atom is -0.351 e. The second kappa shape index (κ2) is 11.7. The number of hydrogen-bond acceptors (Lipinski definition) is 4. The van der Waals surface area contributed by atoms with Crippen molar-refractivity contribution in [2.45, 2.75) is 6.92 Å². The predicted molar refractivity (Wildman–Crippen MR) is 101 cm³/mol. The molecule has 4 amide bonds. The zero-order valence-electron chi connectivity index (χ0n) is 14.4. The molecule has 5 N–H and O–H groups in total. The summed E-state index contributed by atoms with van der Waals surface area (Å²) in [6.45, 7) is 2.08. The molecule has 0 spiro atoms. The average molecular weight is 351 g/mol. The van der Waals surface area contributed by atoms with Gasteiger partial charge in [-0.3, -0.25) is 15.3 Å². The number of imide groups is 1. The van der Waals surface area contributed by atoms with Gasteiger partial charge in [-0.25, -0.2) is 9.59 Å². The first-order chi connectivity index (χ1) is 12.5. The molecule has 3 rings (SSSR count). The second-order valence-corrected chi connectivity index (χ2v) is 4.94. The number of hydrogen-bond donors (Lipinski definition) is 3. The Bertz CT molecular complexity index is 731. The van der Waals surface area contributed by atoms with Gasteiger partial charge in [-0.1, -0.05) is 48.0 Å². The maximum atomic E-state index is 9.62. The first-order valence-corrected chi connectivity index (χ1v) is 7.69. The molecular formula is C19H21N5O2. The summed E-state index contributed by atoms with van der Waals surface area (Å²) in [6.07, 6.45) is 3.54. The number of nitrogens with two attached hydrogens (primary N) is 2. The molecule has 0 fully saturated rings. The Morgan fingerprint density at radius 1 is 0.731 bits per heavy atom. The van der Waals surface area contributed by atoms with E-state index in [0.717, 1.165) is 11.4 Å². The number of urea groups is 2. The highest BCUT2D eigenvalue weighted by Crippen LogP contribution is 2.10. The van der Waals surface area contributed by atoms with Crippen LogP contribution < -0.4 is 16.8 Å². The van der Waals surface area contributed by atoms with Gasteiger partial charge in [-0.2, -0.15) is 0 Å². The van der Waals surface area contributed by atoms with Crippen LogP contribution in [-0.2, 0) is 0 Å². The molecule has 0 bridgehead atoms. The Balaban J connectivity index is 0.000000210. The number of carbonyl (C=O) groups excluding carboxylic acids is 2. The predicted octanol–water partition coefficient (Wildman–Crippen LogP) is 2.87. The van der Waals surface area contributed by atoms with Crippen LogP contribution in [-0.4, -0.2) is 22.0 Å². The SMILES string of the molecule is Cc1ccccc1.NC(=O)NC(N)=O.c1ccc(-c2ccccn2)nc1. The van der Waals surface area contributed by atoms with Gasteiger partial charge < -0.3 is 11.5 Å². The van der Waals surface area contributed by atoms with Crippen molar-refractivity contribution in [2.75, 3.05) is 0 Å². The van der Waals surface area contributed by atoms with Crippen molar-refractivity contribution < 1.29 is 9.59 Å². The monoisotopic (exact) mass is 351 g/mol. The van der Waals surface area contributed by atoms with Crippen molar-refractivity contribution in [2.24, 2.45) is 11.5 Å². The fraction of sp³-hybridized carbons (Fsp3) is 0.0526. The fourth-order valence-corrected chi connectivity index (χ4v) is 1.68. The van der Waals surface area contributed by atoms with Crippen molar-refractivity contribution in [1.82, 2.24) is 15.3 Å². The van der Waals surface area contributed by atoms with E-state index in [9.17, 15) is 9.59 Å². The lowest BCUT2D eigenvalue weighted by Crippen LogP contribution is -2.38. The van der Waals surface area contributed by atoms with Crippen LogP contribution in [0.5, 0.6) is 0 Å². The molecule has 0 unspecified atom stereocenters. The van der Waals surface area contributed by atoms with Crippen LogP contribution in [0.15, 0.2) is 79.1 Å². The summed E-state index contributed by atoms with van der Waals surface area (Å²) >= 11 is 0.